The molecule has 0 aliphatic carbocycles. The standard InChI is InChI=1S/C21H23N3/c1-4-15-7-5-8-16(11-15)18-13-20(21(22)23-14-18)17-9-6-10-19(12-17)24(2)3/h5-14H,4H2,1-3H3,(H2,22,23). The lowest BCUT2D eigenvalue weighted by Gasteiger charge is -2.15. The first kappa shape index (κ1) is 16.1. The quantitative estimate of drug-likeness (QED) is 0.763. The number of nitrogens with zero attached hydrogens (tertiary/aromatic N) is 2. The van der Waals surface area contributed by atoms with E-state index in [9.17, 15) is 0 Å². The minimum Gasteiger partial charge on any atom is -0.383 e. The third kappa shape index (κ3) is 3.25. The van der Waals surface area contributed by atoms with Crippen LogP contribution in [0.25, 0.3) is 22.3 Å². The van der Waals surface area contributed by atoms with Crippen molar-refractivity contribution >= 4 is 11.5 Å². The number of hydrogen-bond acceptors (Lipinski definition) is 3. The zero-order valence-electron chi connectivity index (χ0n) is 14.5. The number of pyridine rings is 1. The molecule has 0 bridgehead atoms. The maximum absolute atomic E-state index is 6.16. The molecule has 3 heteroatoms. The molecule has 3 aromatic rings. The number of aromatic nitrogens is 1. The van der Waals surface area contributed by atoms with Crippen LogP contribution >= 0.6 is 0 Å². The number of benzene rings is 2. The molecule has 0 spiro atoms. The second-order valence-electron chi connectivity index (χ2n) is 6.16. The van der Waals surface area contributed by atoms with E-state index in [0.717, 1.165) is 28.8 Å². The highest BCUT2D eigenvalue weighted by Gasteiger charge is 2.09. The first-order chi connectivity index (χ1) is 11.6. The van der Waals surface area contributed by atoms with Crippen LogP contribution in [0, 0.1) is 0 Å². The Labute approximate surface area is 143 Å². The van der Waals surface area contributed by atoms with E-state index < -0.39 is 0 Å². The molecule has 3 rings (SSSR count). The third-order valence-corrected chi connectivity index (χ3v) is 4.26. The molecule has 0 amide bonds. The SMILES string of the molecule is CCc1cccc(-c2cnc(N)c(-c3cccc(N(C)C)c3)c2)c1. The van der Waals surface area contributed by atoms with Gasteiger partial charge in [-0.2, -0.15) is 0 Å². The summed E-state index contributed by atoms with van der Waals surface area (Å²) in [6.07, 6.45) is 2.87. The van der Waals surface area contributed by atoms with Crippen molar-refractivity contribution in [2.24, 2.45) is 0 Å². The van der Waals surface area contributed by atoms with E-state index in [4.69, 9.17) is 5.73 Å². The average Bonchev–Trinajstić information content (AvgIpc) is 2.62. The molecule has 0 aliphatic heterocycles. The van der Waals surface area contributed by atoms with Crippen molar-refractivity contribution in [3.05, 3.63) is 66.4 Å². The van der Waals surface area contributed by atoms with E-state index in [1.807, 2.05) is 20.3 Å². The number of rotatable bonds is 4. The fraction of sp³-hybridized carbons (Fsp3) is 0.190. The van der Waals surface area contributed by atoms with E-state index in [1.165, 1.54) is 11.1 Å². The zero-order chi connectivity index (χ0) is 17.1. The van der Waals surface area contributed by atoms with Gasteiger partial charge in [0.1, 0.15) is 5.82 Å². The normalized spacial score (nSPS) is 10.6. The number of aryl methyl sites for hydroxylation is 1. The number of anilines is 2. The molecular weight excluding hydrogens is 294 g/mol. The molecule has 2 N–H and O–H groups in total. The van der Waals surface area contributed by atoms with Gasteiger partial charge in [0.2, 0.25) is 0 Å². The summed E-state index contributed by atoms with van der Waals surface area (Å²) in [5.74, 6) is 0.557. The highest BCUT2D eigenvalue weighted by Crippen LogP contribution is 2.31. The monoisotopic (exact) mass is 317 g/mol. The first-order valence-corrected chi connectivity index (χ1v) is 8.21. The molecule has 0 fully saturated rings. The van der Waals surface area contributed by atoms with E-state index >= 15 is 0 Å². The minimum atomic E-state index is 0.557. The van der Waals surface area contributed by atoms with Crippen LogP contribution in [0.15, 0.2) is 60.8 Å². The summed E-state index contributed by atoms with van der Waals surface area (Å²) in [7, 11) is 4.07. The lowest BCUT2D eigenvalue weighted by atomic mass is 9.99. The first-order valence-electron chi connectivity index (χ1n) is 8.21. The highest BCUT2D eigenvalue weighted by atomic mass is 15.1. The molecule has 2 aromatic carbocycles. The van der Waals surface area contributed by atoms with Gasteiger partial charge in [-0.1, -0.05) is 43.3 Å². The fourth-order valence-electron chi connectivity index (χ4n) is 2.79. The summed E-state index contributed by atoms with van der Waals surface area (Å²) >= 11 is 0. The van der Waals surface area contributed by atoms with Gasteiger partial charge in [0, 0.05) is 37.1 Å². The molecule has 122 valence electrons. The van der Waals surface area contributed by atoms with Gasteiger partial charge < -0.3 is 10.6 Å². The topological polar surface area (TPSA) is 42.1 Å². The predicted octanol–water partition coefficient (Wildman–Crippen LogP) is 4.63. The summed E-state index contributed by atoms with van der Waals surface area (Å²) in [4.78, 5) is 6.51. The Bertz CT molecular complexity index is 853. The van der Waals surface area contributed by atoms with Crippen LogP contribution in [0.1, 0.15) is 12.5 Å². The van der Waals surface area contributed by atoms with Gasteiger partial charge in [-0.05, 0) is 41.3 Å². The fourth-order valence-corrected chi connectivity index (χ4v) is 2.79. The molecule has 0 saturated heterocycles. The molecule has 0 aliphatic rings. The summed E-state index contributed by atoms with van der Waals surface area (Å²) in [5, 5.41) is 0. The van der Waals surface area contributed by atoms with Gasteiger partial charge in [0.05, 0.1) is 0 Å². The Morgan fingerprint density at radius 3 is 2.42 bits per heavy atom. The average molecular weight is 317 g/mol. The summed E-state index contributed by atoms with van der Waals surface area (Å²) in [5.41, 5.74) is 12.9. The Morgan fingerprint density at radius 1 is 0.917 bits per heavy atom. The van der Waals surface area contributed by atoms with Crippen molar-refractivity contribution in [2.45, 2.75) is 13.3 Å². The van der Waals surface area contributed by atoms with Crippen LogP contribution in [0.5, 0.6) is 0 Å². The Balaban J connectivity index is 2.08. The summed E-state index contributed by atoms with van der Waals surface area (Å²) < 4.78 is 0. The van der Waals surface area contributed by atoms with Crippen molar-refractivity contribution in [3.8, 4) is 22.3 Å². The van der Waals surface area contributed by atoms with Crippen LogP contribution in [-0.2, 0) is 6.42 Å². The second-order valence-corrected chi connectivity index (χ2v) is 6.16. The molecule has 0 saturated carbocycles. The van der Waals surface area contributed by atoms with E-state index in [1.54, 1.807) is 0 Å². The summed E-state index contributed by atoms with van der Waals surface area (Å²) in [6.45, 7) is 2.17. The number of hydrogen-bond donors (Lipinski definition) is 1. The molecule has 0 atom stereocenters. The third-order valence-electron chi connectivity index (χ3n) is 4.26. The Morgan fingerprint density at radius 2 is 1.67 bits per heavy atom. The van der Waals surface area contributed by atoms with Crippen LogP contribution < -0.4 is 10.6 Å². The lowest BCUT2D eigenvalue weighted by Crippen LogP contribution is -2.08. The molecule has 1 heterocycles. The lowest BCUT2D eigenvalue weighted by molar-refractivity contribution is 1.13. The van der Waals surface area contributed by atoms with E-state index in [-0.39, 0.29) is 0 Å². The minimum absolute atomic E-state index is 0.557. The molecule has 0 unspecified atom stereocenters. The Kier molecular flexibility index (Phi) is 4.52. The van der Waals surface area contributed by atoms with Crippen molar-refractivity contribution < 1.29 is 0 Å². The van der Waals surface area contributed by atoms with Crippen LogP contribution in [-0.4, -0.2) is 19.1 Å². The second kappa shape index (κ2) is 6.75. The van der Waals surface area contributed by atoms with Gasteiger partial charge >= 0.3 is 0 Å². The van der Waals surface area contributed by atoms with Crippen LogP contribution in [0.3, 0.4) is 0 Å². The molecule has 3 nitrogen and oxygen atoms in total. The van der Waals surface area contributed by atoms with Crippen LogP contribution in [0.2, 0.25) is 0 Å². The predicted molar refractivity (Wildman–Crippen MR) is 103 cm³/mol. The van der Waals surface area contributed by atoms with Gasteiger partial charge in [-0.15, -0.1) is 0 Å². The van der Waals surface area contributed by atoms with Crippen molar-refractivity contribution in [1.29, 1.82) is 0 Å². The van der Waals surface area contributed by atoms with Crippen molar-refractivity contribution in [1.82, 2.24) is 4.98 Å². The van der Waals surface area contributed by atoms with Gasteiger partial charge in [0.15, 0.2) is 0 Å². The van der Waals surface area contributed by atoms with E-state index in [0.29, 0.717) is 5.82 Å². The number of nitrogen functional groups attached to an aromatic ring is 1. The van der Waals surface area contributed by atoms with Gasteiger partial charge in [0.25, 0.3) is 0 Å². The highest BCUT2D eigenvalue weighted by molar-refractivity contribution is 5.80. The largest absolute Gasteiger partial charge is 0.383 e. The maximum Gasteiger partial charge on any atom is 0.131 e. The van der Waals surface area contributed by atoms with E-state index in [2.05, 4.69) is 71.4 Å². The van der Waals surface area contributed by atoms with Crippen molar-refractivity contribution in [3.63, 3.8) is 0 Å². The van der Waals surface area contributed by atoms with Gasteiger partial charge in [-0.25, -0.2) is 4.98 Å². The van der Waals surface area contributed by atoms with Crippen LogP contribution in [0.4, 0.5) is 11.5 Å². The van der Waals surface area contributed by atoms with Gasteiger partial charge in [-0.3, -0.25) is 0 Å². The smallest absolute Gasteiger partial charge is 0.131 e. The molecule has 1 aromatic heterocycles. The van der Waals surface area contributed by atoms with Crippen molar-refractivity contribution in [2.75, 3.05) is 24.7 Å². The zero-order valence-corrected chi connectivity index (χ0v) is 14.5. The molecule has 0 radical (unpaired) electrons. The molecular formula is C21H23N3. The Hall–Kier alpha value is -2.81. The summed E-state index contributed by atoms with van der Waals surface area (Å²) in [6, 6.07) is 19.1. The maximum atomic E-state index is 6.16. The molecule has 24 heavy (non-hydrogen) atoms. The number of nitrogens with two attached hydrogens (primary N) is 1.